The molecule has 2 saturated carbocycles. The Morgan fingerprint density at radius 1 is 1.10 bits per heavy atom. The van der Waals surface area contributed by atoms with Crippen LogP contribution in [-0.4, -0.2) is 33.1 Å². The van der Waals surface area contributed by atoms with Gasteiger partial charge in [0.25, 0.3) is 0 Å². The molecule has 1 aromatic rings. The molecular weight excluding hydrogens is 286 g/mol. The summed E-state index contributed by atoms with van der Waals surface area (Å²) in [6.07, 6.45) is 4.42. The molecule has 1 heterocycles. The van der Waals surface area contributed by atoms with Gasteiger partial charge in [-0.05, 0) is 55.9 Å². The highest BCUT2D eigenvalue weighted by Crippen LogP contribution is 2.44. The fraction of sp³-hybridized carbons (Fsp3) is 0.600. The van der Waals surface area contributed by atoms with Crippen molar-refractivity contribution in [2.75, 3.05) is 18.0 Å². The third-order valence-electron chi connectivity index (χ3n) is 4.77. The first-order valence-corrected chi connectivity index (χ1v) is 9.11. The number of hydrogen-bond acceptors (Lipinski definition) is 4. The molecule has 4 rings (SSSR count). The van der Waals surface area contributed by atoms with Crippen LogP contribution in [0.2, 0.25) is 0 Å². The Kier molecular flexibility index (Phi) is 2.87. The Morgan fingerprint density at radius 2 is 1.71 bits per heavy atom. The monoisotopic (exact) mass is 307 g/mol. The largest absolute Gasteiger partial charge is 0.368 e. The van der Waals surface area contributed by atoms with Gasteiger partial charge in [-0.3, -0.25) is 0 Å². The first kappa shape index (κ1) is 13.5. The van der Waals surface area contributed by atoms with Gasteiger partial charge in [-0.1, -0.05) is 0 Å². The summed E-state index contributed by atoms with van der Waals surface area (Å²) in [6, 6.07) is 7.28. The first-order valence-electron chi connectivity index (χ1n) is 7.63. The van der Waals surface area contributed by atoms with Crippen molar-refractivity contribution in [2.24, 2.45) is 11.7 Å². The van der Waals surface area contributed by atoms with Gasteiger partial charge in [0.1, 0.15) is 0 Å². The highest BCUT2D eigenvalue weighted by molar-refractivity contribution is 7.89. The van der Waals surface area contributed by atoms with Gasteiger partial charge in [-0.15, -0.1) is 0 Å². The molecule has 3 fully saturated rings. The van der Waals surface area contributed by atoms with Crippen molar-refractivity contribution in [1.29, 1.82) is 0 Å². The van der Waals surface area contributed by atoms with E-state index >= 15 is 0 Å². The SMILES string of the molecule is NC1(C2CC2)CN(c2ccc(S(=O)(=O)NC3CC3)cc2)C1. The molecule has 1 aromatic carbocycles. The van der Waals surface area contributed by atoms with E-state index in [1.54, 1.807) is 12.1 Å². The second kappa shape index (κ2) is 4.44. The second-order valence-electron chi connectivity index (χ2n) is 6.75. The van der Waals surface area contributed by atoms with Crippen LogP contribution >= 0.6 is 0 Å². The molecular formula is C15H21N3O2S. The standard InChI is InChI=1S/C15H21N3O2S/c16-15(11-1-2-11)9-18(10-15)13-5-7-14(8-6-13)21(19,20)17-12-3-4-12/h5-8,11-12,17H,1-4,9-10,16H2. The highest BCUT2D eigenvalue weighted by Gasteiger charge is 2.50. The van der Waals surface area contributed by atoms with E-state index < -0.39 is 10.0 Å². The molecule has 2 aliphatic carbocycles. The predicted octanol–water partition coefficient (Wildman–Crippen LogP) is 1.05. The van der Waals surface area contributed by atoms with Crippen molar-refractivity contribution in [1.82, 2.24) is 4.72 Å². The Morgan fingerprint density at radius 3 is 2.24 bits per heavy atom. The predicted molar refractivity (Wildman–Crippen MR) is 81.6 cm³/mol. The smallest absolute Gasteiger partial charge is 0.240 e. The maximum Gasteiger partial charge on any atom is 0.240 e. The molecule has 0 aromatic heterocycles. The quantitative estimate of drug-likeness (QED) is 0.853. The number of rotatable bonds is 5. The molecule has 5 nitrogen and oxygen atoms in total. The molecule has 3 N–H and O–H groups in total. The molecule has 0 amide bonds. The lowest BCUT2D eigenvalue weighted by Crippen LogP contribution is -2.69. The van der Waals surface area contributed by atoms with Crippen LogP contribution < -0.4 is 15.4 Å². The van der Waals surface area contributed by atoms with Crippen molar-refractivity contribution in [3.05, 3.63) is 24.3 Å². The molecule has 0 radical (unpaired) electrons. The summed E-state index contributed by atoms with van der Waals surface area (Å²) in [5.41, 5.74) is 7.39. The van der Waals surface area contributed by atoms with Crippen molar-refractivity contribution >= 4 is 15.7 Å². The second-order valence-corrected chi connectivity index (χ2v) is 8.47. The van der Waals surface area contributed by atoms with Crippen LogP contribution in [0.25, 0.3) is 0 Å². The van der Waals surface area contributed by atoms with Gasteiger partial charge in [0.15, 0.2) is 0 Å². The van der Waals surface area contributed by atoms with Gasteiger partial charge >= 0.3 is 0 Å². The zero-order valence-corrected chi connectivity index (χ0v) is 12.8. The van der Waals surface area contributed by atoms with Crippen LogP contribution in [0, 0.1) is 5.92 Å². The number of nitrogens with zero attached hydrogens (tertiary/aromatic N) is 1. The molecule has 6 heteroatoms. The minimum Gasteiger partial charge on any atom is -0.368 e. The van der Waals surface area contributed by atoms with E-state index in [2.05, 4.69) is 9.62 Å². The van der Waals surface area contributed by atoms with Crippen molar-refractivity contribution in [3.63, 3.8) is 0 Å². The van der Waals surface area contributed by atoms with Gasteiger partial charge in [0, 0.05) is 24.8 Å². The van der Waals surface area contributed by atoms with Crippen LogP contribution in [0.3, 0.4) is 0 Å². The van der Waals surface area contributed by atoms with Crippen LogP contribution in [0.4, 0.5) is 5.69 Å². The van der Waals surface area contributed by atoms with Crippen LogP contribution in [-0.2, 0) is 10.0 Å². The number of hydrogen-bond donors (Lipinski definition) is 2. The summed E-state index contributed by atoms with van der Waals surface area (Å²) in [6.45, 7) is 1.76. The lowest BCUT2D eigenvalue weighted by atomic mass is 9.85. The Labute approximate surface area is 125 Å². The van der Waals surface area contributed by atoms with Gasteiger partial charge in [0.2, 0.25) is 10.0 Å². The zero-order chi connectivity index (χ0) is 14.7. The molecule has 3 aliphatic rings. The number of benzene rings is 1. The highest BCUT2D eigenvalue weighted by atomic mass is 32.2. The molecule has 0 bridgehead atoms. The van der Waals surface area contributed by atoms with Gasteiger partial charge in [-0.25, -0.2) is 13.1 Å². The van der Waals surface area contributed by atoms with E-state index in [1.807, 2.05) is 12.1 Å². The molecule has 21 heavy (non-hydrogen) atoms. The average Bonchev–Trinajstić information content (AvgIpc) is 3.27. The summed E-state index contributed by atoms with van der Waals surface area (Å²) in [5.74, 6) is 0.691. The Balaban J connectivity index is 1.44. The fourth-order valence-electron chi connectivity index (χ4n) is 3.09. The van der Waals surface area contributed by atoms with Crippen molar-refractivity contribution < 1.29 is 8.42 Å². The third-order valence-corrected chi connectivity index (χ3v) is 6.31. The topological polar surface area (TPSA) is 75.4 Å². The van der Waals surface area contributed by atoms with Crippen LogP contribution in [0.5, 0.6) is 0 Å². The summed E-state index contributed by atoms with van der Waals surface area (Å²) in [5, 5.41) is 0. The van der Waals surface area contributed by atoms with Gasteiger partial charge < -0.3 is 10.6 Å². The molecule has 0 unspecified atom stereocenters. The van der Waals surface area contributed by atoms with Gasteiger partial charge in [-0.2, -0.15) is 0 Å². The molecule has 1 saturated heterocycles. The van der Waals surface area contributed by atoms with Gasteiger partial charge in [0.05, 0.1) is 10.4 Å². The summed E-state index contributed by atoms with van der Waals surface area (Å²) < 4.78 is 26.9. The molecule has 0 atom stereocenters. The number of nitrogens with two attached hydrogens (primary N) is 1. The van der Waals surface area contributed by atoms with Crippen molar-refractivity contribution in [3.8, 4) is 0 Å². The summed E-state index contributed by atoms with van der Waals surface area (Å²) >= 11 is 0. The first-order chi connectivity index (χ1) is 9.96. The summed E-state index contributed by atoms with van der Waals surface area (Å²) in [4.78, 5) is 2.57. The fourth-order valence-corrected chi connectivity index (χ4v) is 4.39. The van der Waals surface area contributed by atoms with E-state index in [9.17, 15) is 8.42 Å². The molecule has 0 spiro atoms. The lowest BCUT2D eigenvalue weighted by Gasteiger charge is -2.49. The Bertz CT molecular complexity index is 642. The van der Waals surface area contributed by atoms with Crippen LogP contribution in [0.1, 0.15) is 25.7 Å². The molecule has 1 aliphatic heterocycles. The van der Waals surface area contributed by atoms with Crippen LogP contribution in [0.15, 0.2) is 29.2 Å². The number of nitrogens with one attached hydrogen (secondary N) is 1. The van der Waals surface area contributed by atoms with Crippen molar-refractivity contribution in [2.45, 2.75) is 42.2 Å². The van der Waals surface area contributed by atoms with E-state index in [-0.39, 0.29) is 11.6 Å². The Hall–Kier alpha value is -1.11. The average molecular weight is 307 g/mol. The maximum absolute atomic E-state index is 12.1. The van der Waals surface area contributed by atoms with E-state index in [0.29, 0.717) is 10.8 Å². The molecule has 114 valence electrons. The minimum atomic E-state index is -3.35. The number of sulfonamides is 1. The van der Waals surface area contributed by atoms with E-state index in [1.165, 1.54) is 12.8 Å². The maximum atomic E-state index is 12.1. The third kappa shape index (κ3) is 2.56. The minimum absolute atomic E-state index is 0.0156. The summed E-state index contributed by atoms with van der Waals surface area (Å²) in [7, 11) is -3.35. The number of anilines is 1. The normalized spacial score (nSPS) is 24.7. The van der Waals surface area contributed by atoms with E-state index in [4.69, 9.17) is 5.73 Å². The zero-order valence-electron chi connectivity index (χ0n) is 12.0. The van der Waals surface area contributed by atoms with E-state index in [0.717, 1.165) is 31.6 Å². The lowest BCUT2D eigenvalue weighted by molar-refractivity contribution is 0.291.